The molecule has 0 spiro atoms. The molecule has 8 nitrogen and oxygen atoms in total. The summed E-state index contributed by atoms with van der Waals surface area (Å²) in [4.78, 5) is 23.7. The van der Waals surface area contributed by atoms with Crippen molar-refractivity contribution < 1.29 is 23.5 Å². The Balaban J connectivity index is 2.01. The molecule has 1 heterocycles. The van der Waals surface area contributed by atoms with E-state index in [1.54, 1.807) is 37.3 Å². The third-order valence-electron chi connectivity index (χ3n) is 3.07. The average Bonchev–Trinajstić information content (AvgIpc) is 3.14. The van der Waals surface area contributed by atoms with Crippen molar-refractivity contribution in [3.05, 3.63) is 42.4 Å². The molecule has 0 bridgehead atoms. The van der Waals surface area contributed by atoms with E-state index in [4.69, 9.17) is 13.9 Å². The molecule has 0 radical (unpaired) electrons. The Kier molecular flexibility index (Phi) is 5.56. The van der Waals surface area contributed by atoms with Crippen molar-refractivity contribution in [3.63, 3.8) is 0 Å². The van der Waals surface area contributed by atoms with Crippen molar-refractivity contribution >= 4 is 23.2 Å². The number of rotatable bonds is 5. The molecule has 2 aromatic rings. The first-order chi connectivity index (χ1) is 11.5. The second-order valence-electron chi connectivity index (χ2n) is 4.64. The molecule has 1 aromatic heterocycles. The van der Waals surface area contributed by atoms with Crippen molar-refractivity contribution in [2.24, 2.45) is 5.10 Å². The number of hydrogen-bond donors (Lipinski definition) is 2. The third-order valence-corrected chi connectivity index (χ3v) is 3.07. The monoisotopic (exact) mass is 331 g/mol. The molecule has 2 rings (SSSR count). The Morgan fingerprint density at radius 2 is 1.92 bits per heavy atom. The molecule has 24 heavy (non-hydrogen) atoms. The highest BCUT2D eigenvalue weighted by molar-refractivity contribution is 6.39. The summed E-state index contributed by atoms with van der Waals surface area (Å²) in [6.45, 7) is 1.64. The van der Waals surface area contributed by atoms with Gasteiger partial charge in [-0.2, -0.15) is 5.10 Å². The van der Waals surface area contributed by atoms with Gasteiger partial charge in [-0.05, 0) is 31.2 Å². The van der Waals surface area contributed by atoms with Crippen molar-refractivity contribution in [1.82, 2.24) is 5.43 Å². The normalized spacial score (nSPS) is 10.9. The van der Waals surface area contributed by atoms with E-state index in [1.165, 1.54) is 20.5 Å². The topological polar surface area (TPSA) is 102 Å². The molecule has 2 N–H and O–H groups in total. The van der Waals surface area contributed by atoms with E-state index in [2.05, 4.69) is 15.8 Å². The summed E-state index contributed by atoms with van der Waals surface area (Å²) in [5.41, 5.74) is 2.93. The summed E-state index contributed by atoms with van der Waals surface area (Å²) in [5.74, 6) is -0.375. The highest BCUT2D eigenvalue weighted by Gasteiger charge is 2.16. The van der Waals surface area contributed by atoms with Gasteiger partial charge in [0.1, 0.15) is 23.0 Å². The molecule has 0 saturated carbocycles. The number of furan rings is 1. The lowest BCUT2D eigenvalue weighted by Crippen LogP contribution is -2.33. The fourth-order valence-electron chi connectivity index (χ4n) is 1.81. The molecule has 0 aliphatic rings. The Labute approximate surface area is 138 Å². The van der Waals surface area contributed by atoms with Crippen LogP contribution in [0.25, 0.3) is 0 Å². The van der Waals surface area contributed by atoms with Gasteiger partial charge in [0.05, 0.1) is 26.2 Å². The number of nitrogens with one attached hydrogen (secondary N) is 2. The summed E-state index contributed by atoms with van der Waals surface area (Å²) in [6, 6.07) is 8.17. The number of anilines is 1. The molecule has 2 amide bonds. The van der Waals surface area contributed by atoms with Gasteiger partial charge in [-0.3, -0.25) is 9.59 Å². The van der Waals surface area contributed by atoms with Crippen molar-refractivity contribution in [3.8, 4) is 11.5 Å². The van der Waals surface area contributed by atoms with E-state index in [1.807, 2.05) is 0 Å². The van der Waals surface area contributed by atoms with E-state index in [0.29, 0.717) is 28.7 Å². The van der Waals surface area contributed by atoms with Gasteiger partial charge < -0.3 is 19.2 Å². The van der Waals surface area contributed by atoms with Crippen LogP contribution in [0.1, 0.15) is 12.7 Å². The van der Waals surface area contributed by atoms with E-state index >= 15 is 0 Å². The van der Waals surface area contributed by atoms with E-state index < -0.39 is 11.8 Å². The van der Waals surface area contributed by atoms with Crippen molar-refractivity contribution in [2.75, 3.05) is 19.5 Å². The summed E-state index contributed by atoms with van der Waals surface area (Å²) in [6.07, 6.45) is 1.48. The number of hydrazone groups is 1. The number of nitrogens with zero attached hydrogens (tertiary/aromatic N) is 1. The summed E-state index contributed by atoms with van der Waals surface area (Å²) < 4.78 is 15.3. The number of carbonyl (C=O) groups is 2. The van der Waals surface area contributed by atoms with Gasteiger partial charge in [0.15, 0.2) is 0 Å². The van der Waals surface area contributed by atoms with Gasteiger partial charge in [-0.1, -0.05) is 0 Å². The van der Waals surface area contributed by atoms with Crippen LogP contribution in [0, 0.1) is 0 Å². The predicted molar refractivity (Wildman–Crippen MR) is 87.2 cm³/mol. The maximum Gasteiger partial charge on any atom is 0.329 e. The van der Waals surface area contributed by atoms with Gasteiger partial charge in [0.25, 0.3) is 0 Å². The fourth-order valence-corrected chi connectivity index (χ4v) is 1.81. The average molecular weight is 331 g/mol. The third kappa shape index (κ3) is 4.13. The Morgan fingerprint density at radius 3 is 2.54 bits per heavy atom. The van der Waals surface area contributed by atoms with Crippen molar-refractivity contribution in [2.45, 2.75) is 6.92 Å². The number of hydrogen-bond acceptors (Lipinski definition) is 6. The second kappa shape index (κ2) is 7.82. The first-order valence-electron chi connectivity index (χ1n) is 6.96. The quantitative estimate of drug-likeness (QED) is 0.494. The van der Waals surface area contributed by atoms with E-state index in [-0.39, 0.29) is 0 Å². The summed E-state index contributed by atoms with van der Waals surface area (Å²) in [7, 11) is 2.96. The van der Waals surface area contributed by atoms with Crippen LogP contribution in [0.3, 0.4) is 0 Å². The number of ether oxygens (including phenoxy) is 2. The predicted octanol–water partition coefficient (Wildman–Crippen LogP) is 1.78. The molecular weight excluding hydrogens is 314 g/mol. The smallest absolute Gasteiger partial charge is 0.329 e. The van der Waals surface area contributed by atoms with Crippen molar-refractivity contribution in [1.29, 1.82) is 0 Å². The van der Waals surface area contributed by atoms with Crippen LogP contribution >= 0.6 is 0 Å². The standard InChI is InChI=1S/C16H17N3O5/c1-10(13-5-4-8-24-13)18-19-16(21)15(20)17-12-7-6-11(22-2)9-14(12)23-3/h4-9H,1-3H3,(H,17,20)(H,19,21). The van der Waals surface area contributed by atoms with E-state index in [0.717, 1.165) is 0 Å². The van der Waals surface area contributed by atoms with Crippen LogP contribution in [-0.4, -0.2) is 31.7 Å². The zero-order valence-corrected chi connectivity index (χ0v) is 13.5. The van der Waals surface area contributed by atoms with Crippen LogP contribution in [-0.2, 0) is 9.59 Å². The highest BCUT2D eigenvalue weighted by Crippen LogP contribution is 2.28. The maximum atomic E-state index is 11.9. The minimum atomic E-state index is -0.918. The van der Waals surface area contributed by atoms with E-state index in [9.17, 15) is 9.59 Å². The van der Waals surface area contributed by atoms with Gasteiger partial charge in [-0.15, -0.1) is 0 Å². The summed E-state index contributed by atoms with van der Waals surface area (Å²) >= 11 is 0. The molecule has 126 valence electrons. The first-order valence-corrected chi connectivity index (χ1v) is 6.96. The zero-order valence-electron chi connectivity index (χ0n) is 13.5. The van der Waals surface area contributed by atoms with Gasteiger partial charge in [0, 0.05) is 6.07 Å². The minimum Gasteiger partial charge on any atom is -0.497 e. The lowest BCUT2D eigenvalue weighted by atomic mass is 10.2. The second-order valence-corrected chi connectivity index (χ2v) is 4.64. The molecule has 0 saturated heterocycles. The SMILES string of the molecule is COc1ccc(NC(=O)C(=O)NN=C(C)c2ccco2)c(OC)c1. The Morgan fingerprint density at radius 1 is 1.12 bits per heavy atom. The first kappa shape index (κ1) is 17.1. The van der Waals surface area contributed by atoms with Crippen LogP contribution in [0.2, 0.25) is 0 Å². The van der Waals surface area contributed by atoms with Gasteiger partial charge in [-0.25, -0.2) is 5.43 Å². The zero-order chi connectivity index (χ0) is 17.5. The molecule has 8 heteroatoms. The molecule has 0 aliphatic carbocycles. The van der Waals surface area contributed by atoms with Gasteiger partial charge in [0.2, 0.25) is 0 Å². The number of methoxy groups -OCH3 is 2. The minimum absolute atomic E-state index is 0.338. The largest absolute Gasteiger partial charge is 0.497 e. The van der Waals surface area contributed by atoms with Gasteiger partial charge >= 0.3 is 11.8 Å². The summed E-state index contributed by atoms with van der Waals surface area (Å²) in [5, 5.41) is 6.26. The Bertz CT molecular complexity index is 753. The van der Waals surface area contributed by atoms with Crippen LogP contribution in [0.5, 0.6) is 11.5 Å². The Hall–Kier alpha value is -3.29. The number of amides is 2. The molecule has 0 fully saturated rings. The lowest BCUT2D eigenvalue weighted by Gasteiger charge is -2.11. The van der Waals surface area contributed by atoms with Crippen LogP contribution in [0.4, 0.5) is 5.69 Å². The molecular formula is C16H17N3O5. The highest BCUT2D eigenvalue weighted by atomic mass is 16.5. The number of benzene rings is 1. The van der Waals surface area contributed by atoms with Crippen LogP contribution < -0.4 is 20.2 Å². The molecule has 0 atom stereocenters. The van der Waals surface area contributed by atoms with Crippen LogP contribution in [0.15, 0.2) is 46.1 Å². The molecule has 0 unspecified atom stereocenters. The molecule has 1 aromatic carbocycles. The molecule has 0 aliphatic heterocycles. The maximum absolute atomic E-state index is 11.9. The fraction of sp³-hybridized carbons (Fsp3) is 0.188. The lowest BCUT2D eigenvalue weighted by molar-refractivity contribution is -0.136. The number of carbonyl (C=O) groups excluding carboxylic acids is 2.